The Kier molecular flexibility index (Phi) is 3.81. The van der Waals surface area contributed by atoms with Gasteiger partial charge in [0.05, 0.1) is 4.92 Å². The molecule has 0 aromatic carbocycles. The summed E-state index contributed by atoms with van der Waals surface area (Å²) in [6, 6.07) is 5.59. The van der Waals surface area contributed by atoms with Crippen molar-refractivity contribution in [2.75, 3.05) is 17.6 Å². The van der Waals surface area contributed by atoms with Gasteiger partial charge in [-0.05, 0) is 12.1 Å². The Morgan fingerprint density at radius 3 is 2.84 bits per heavy atom. The van der Waals surface area contributed by atoms with Crippen LogP contribution in [0.1, 0.15) is 5.69 Å². The van der Waals surface area contributed by atoms with E-state index in [-0.39, 0.29) is 17.3 Å². The lowest BCUT2D eigenvalue weighted by Gasteiger charge is -2.06. The van der Waals surface area contributed by atoms with E-state index in [4.69, 9.17) is 5.73 Å². The molecule has 0 fully saturated rings. The van der Waals surface area contributed by atoms with Gasteiger partial charge in [-0.25, -0.2) is 9.97 Å². The summed E-state index contributed by atoms with van der Waals surface area (Å²) in [6.45, 7) is 0.467. The van der Waals surface area contributed by atoms with Gasteiger partial charge in [0.15, 0.2) is 0 Å². The van der Waals surface area contributed by atoms with Gasteiger partial charge in [0.2, 0.25) is 11.6 Å². The number of pyridine rings is 1. The first-order chi connectivity index (χ1) is 9.18. The lowest BCUT2D eigenvalue weighted by molar-refractivity contribution is -0.383. The van der Waals surface area contributed by atoms with E-state index in [1.165, 1.54) is 6.33 Å². The monoisotopic (exact) mass is 260 g/mol. The molecule has 0 saturated carbocycles. The summed E-state index contributed by atoms with van der Waals surface area (Å²) in [6.07, 6.45) is 3.51. The van der Waals surface area contributed by atoms with E-state index in [9.17, 15) is 10.1 Å². The van der Waals surface area contributed by atoms with Crippen LogP contribution in [0.25, 0.3) is 0 Å². The molecule has 3 N–H and O–H groups in total. The fourth-order valence-corrected chi connectivity index (χ4v) is 1.56. The van der Waals surface area contributed by atoms with Crippen molar-refractivity contribution >= 4 is 17.3 Å². The lowest BCUT2D eigenvalue weighted by atomic mass is 10.3. The van der Waals surface area contributed by atoms with Crippen molar-refractivity contribution in [2.24, 2.45) is 0 Å². The summed E-state index contributed by atoms with van der Waals surface area (Å²) in [4.78, 5) is 21.9. The maximum Gasteiger partial charge on any atom is 0.352 e. The van der Waals surface area contributed by atoms with Crippen LogP contribution in [0.15, 0.2) is 30.7 Å². The highest BCUT2D eigenvalue weighted by Gasteiger charge is 2.20. The van der Waals surface area contributed by atoms with Gasteiger partial charge in [0.25, 0.3) is 0 Å². The summed E-state index contributed by atoms with van der Waals surface area (Å²) in [5.41, 5.74) is 6.05. The number of rotatable bonds is 5. The number of aromatic nitrogens is 3. The number of hydrogen-bond acceptors (Lipinski definition) is 7. The van der Waals surface area contributed by atoms with Crippen LogP contribution in [0, 0.1) is 10.1 Å². The van der Waals surface area contributed by atoms with E-state index >= 15 is 0 Å². The second-order valence-electron chi connectivity index (χ2n) is 3.71. The van der Waals surface area contributed by atoms with Crippen molar-refractivity contribution in [2.45, 2.75) is 6.42 Å². The molecule has 0 unspecified atom stereocenters. The topological polar surface area (TPSA) is 120 Å². The SMILES string of the molecule is Nc1ncnc(NCCc2ccccn2)c1[N+](=O)[O-]. The van der Waals surface area contributed by atoms with E-state index in [0.717, 1.165) is 5.69 Å². The van der Waals surface area contributed by atoms with Crippen molar-refractivity contribution in [1.29, 1.82) is 0 Å². The first kappa shape index (κ1) is 12.7. The Morgan fingerprint density at radius 2 is 2.16 bits per heavy atom. The van der Waals surface area contributed by atoms with Crippen LogP contribution >= 0.6 is 0 Å². The van der Waals surface area contributed by atoms with Crippen molar-refractivity contribution in [3.63, 3.8) is 0 Å². The summed E-state index contributed by atoms with van der Waals surface area (Å²) in [5, 5.41) is 13.7. The first-order valence-corrected chi connectivity index (χ1v) is 5.57. The minimum atomic E-state index is -0.599. The predicted octanol–water partition coefficient (Wildman–Crippen LogP) is 1.02. The van der Waals surface area contributed by atoms with E-state index in [1.54, 1.807) is 6.20 Å². The van der Waals surface area contributed by atoms with Gasteiger partial charge in [-0.3, -0.25) is 15.1 Å². The van der Waals surface area contributed by atoms with Crippen LogP contribution in [0.5, 0.6) is 0 Å². The fourth-order valence-electron chi connectivity index (χ4n) is 1.56. The molecule has 2 rings (SSSR count). The molecule has 0 aliphatic carbocycles. The summed E-state index contributed by atoms with van der Waals surface area (Å²) < 4.78 is 0. The fraction of sp³-hybridized carbons (Fsp3) is 0.182. The minimum absolute atomic E-state index is 0.119. The van der Waals surface area contributed by atoms with Crippen molar-refractivity contribution < 1.29 is 4.92 Å². The molecule has 0 aliphatic heterocycles. The summed E-state index contributed by atoms with van der Waals surface area (Å²) in [5.74, 6) is -0.0335. The second kappa shape index (κ2) is 5.71. The van der Waals surface area contributed by atoms with Crippen LogP contribution in [-0.4, -0.2) is 26.4 Å². The zero-order chi connectivity index (χ0) is 13.7. The van der Waals surface area contributed by atoms with Gasteiger partial charge in [-0.15, -0.1) is 0 Å². The molecule has 0 bridgehead atoms. The quantitative estimate of drug-likeness (QED) is 0.608. The molecule has 2 aromatic heterocycles. The van der Waals surface area contributed by atoms with Crippen molar-refractivity contribution in [3.8, 4) is 0 Å². The van der Waals surface area contributed by atoms with Gasteiger partial charge in [0.1, 0.15) is 6.33 Å². The molecule has 8 nitrogen and oxygen atoms in total. The highest BCUT2D eigenvalue weighted by atomic mass is 16.6. The van der Waals surface area contributed by atoms with Crippen LogP contribution in [0.3, 0.4) is 0 Å². The first-order valence-electron chi connectivity index (χ1n) is 5.57. The van der Waals surface area contributed by atoms with Crippen LogP contribution in [-0.2, 0) is 6.42 Å². The lowest BCUT2D eigenvalue weighted by Crippen LogP contribution is -2.11. The molecule has 0 aliphatic rings. The zero-order valence-electron chi connectivity index (χ0n) is 9.98. The predicted molar refractivity (Wildman–Crippen MR) is 69.5 cm³/mol. The molecule has 0 saturated heterocycles. The third-order valence-corrected chi connectivity index (χ3v) is 2.43. The standard InChI is InChI=1S/C11H12N6O2/c12-10-9(17(18)19)11(16-7-15-10)14-6-4-8-3-1-2-5-13-8/h1-3,5,7H,4,6H2,(H3,12,14,15,16). The molecule has 98 valence electrons. The Hall–Kier alpha value is -2.77. The third kappa shape index (κ3) is 3.12. The number of hydrogen-bond donors (Lipinski definition) is 2. The van der Waals surface area contributed by atoms with E-state index < -0.39 is 4.92 Å². The molecule has 8 heteroatoms. The average Bonchev–Trinajstić information content (AvgIpc) is 2.39. The molecule has 19 heavy (non-hydrogen) atoms. The van der Waals surface area contributed by atoms with Gasteiger partial charge in [0, 0.05) is 24.9 Å². The Balaban J connectivity index is 2.04. The van der Waals surface area contributed by atoms with Crippen LogP contribution in [0.2, 0.25) is 0 Å². The van der Waals surface area contributed by atoms with Crippen LogP contribution < -0.4 is 11.1 Å². The number of nitrogen functional groups attached to an aromatic ring is 1. The maximum absolute atomic E-state index is 10.9. The largest absolute Gasteiger partial charge is 0.378 e. The molecule has 2 aromatic rings. The number of anilines is 2. The number of nitrogens with zero attached hydrogens (tertiary/aromatic N) is 4. The van der Waals surface area contributed by atoms with E-state index in [0.29, 0.717) is 13.0 Å². The van der Waals surface area contributed by atoms with Crippen molar-refractivity contribution in [3.05, 3.63) is 46.5 Å². The Labute approximate surface area is 108 Å². The van der Waals surface area contributed by atoms with E-state index in [1.807, 2.05) is 18.2 Å². The highest BCUT2D eigenvalue weighted by Crippen LogP contribution is 2.25. The summed E-state index contributed by atoms with van der Waals surface area (Å²) in [7, 11) is 0. The molecule has 2 heterocycles. The zero-order valence-corrected chi connectivity index (χ0v) is 9.98. The van der Waals surface area contributed by atoms with Gasteiger partial charge >= 0.3 is 5.69 Å². The summed E-state index contributed by atoms with van der Waals surface area (Å²) >= 11 is 0. The van der Waals surface area contributed by atoms with E-state index in [2.05, 4.69) is 20.3 Å². The molecular formula is C11H12N6O2. The number of nitrogens with one attached hydrogen (secondary N) is 1. The normalized spacial score (nSPS) is 10.1. The number of nitro groups is 1. The molecule has 0 atom stereocenters. The molecule has 0 amide bonds. The second-order valence-corrected chi connectivity index (χ2v) is 3.71. The van der Waals surface area contributed by atoms with Crippen molar-refractivity contribution in [1.82, 2.24) is 15.0 Å². The number of nitrogens with two attached hydrogens (primary N) is 1. The van der Waals surface area contributed by atoms with Crippen LogP contribution in [0.4, 0.5) is 17.3 Å². The van der Waals surface area contributed by atoms with Gasteiger partial charge < -0.3 is 11.1 Å². The average molecular weight is 260 g/mol. The Morgan fingerprint density at radius 1 is 1.32 bits per heavy atom. The molecular weight excluding hydrogens is 248 g/mol. The minimum Gasteiger partial charge on any atom is -0.378 e. The molecule has 0 radical (unpaired) electrons. The third-order valence-electron chi connectivity index (χ3n) is 2.43. The molecule has 0 spiro atoms. The van der Waals surface area contributed by atoms with Gasteiger partial charge in [-0.2, -0.15) is 0 Å². The van der Waals surface area contributed by atoms with Gasteiger partial charge in [-0.1, -0.05) is 6.07 Å². The highest BCUT2D eigenvalue weighted by molar-refractivity contribution is 5.67. The Bertz CT molecular complexity index is 575. The maximum atomic E-state index is 10.9. The smallest absolute Gasteiger partial charge is 0.352 e.